The molecule has 2 aliphatic rings. The molecule has 2 aliphatic heterocycles. The van der Waals surface area contributed by atoms with E-state index in [0.29, 0.717) is 36.3 Å². The number of carboxylic acids is 1. The minimum atomic E-state index is -1.52. The van der Waals surface area contributed by atoms with Crippen LogP contribution in [0.4, 0.5) is 28.9 Å². The molecule has 21 nitrogen and oxygen atoms in total. The third-order valence-electron chi connectivity index (χ3n) is 13.3. The SMILES string of the molecule is C.C.CN(C)C(=O)c1cc2c(s1)c(C(N)=O)nn2CC(=O)N1C[C@H](F)C[C@H]1C(=O)Nc1cccc(-c2ccccc2Cl)c1F.CNC.Cl.NC(=O)c1nn(CC(=O)N2C[C@H](F)C[C@H]2C(=O)Nc2cccc(-c3ccccc3Cl)c2F)c2cc(C(=O)O)sc12. The van der Waals surface area contributed by atoms with E-state index >= 15 is 8.78 Å². The van der Waals surface area contributed by atoms with Crippen LogP contribution >= 0.6 is 58.3 Å². The quantitative estimate of drug-likeness (QED) is 0.0555. The predicted molar refractivity (Wildman–Crippen MR) is 334 cm³/mol. The molecule has 0 aliphatic carbocycles. The zero-order valence-corrected chi connectivity index (χ0v) is 49.7. The molecule has 8 aromatic rings. The van der Waals surface area contributed by atoms with Gasteiger partial charge in [0.25, 0.3) is 17.7 Å². The first-order chi connectivity index (χ1) is 40.4. The van der Waals surface area contributed by atoms with Gasteiger partial charge in [-0.1, -0.05) is 98.7 Å². The smallest absolute Gasteiger partial charge is 0.345 e. The molecule has 0 saturated carbocycles. The maximum atomic E-state index is 15.4. The van der Waals surface area contributed by atoms with Crippen molar-refractivity contribution in [2.75, 3.05) is 51.9 Å². The van der Waals surface area contributed by atoms with Crippen LogP contribution in [0.15, 0.2) is 97.1 Å². The Labute approximate surface area is 525 Å². The Balaban J connectivity index is 0.000000297. The van der Waals surface area contributed by atoms with Crippen LogP contribution < -0.4 is 27.4 Å². The monoisotopic (exact) mass is 1310 g/mol. The number of nitrogens with zero attached hydrogens (tertiary/aromatic N) is 7. The Bertz CT molecular complexity index is 3950. The van der Waals surface area contributed by atoms with E-state index in [1.54, 1.807) is 68.7 Å². The van der Waals surface area contributed by atoms with E-state index in [1.165, 1.54) is 52.0 Å². The Morgan fingerprint density at radius 2 is 0.989 bits per heavy atom. The molecule has 6 heterocycles. The first kappa shape index (κ1) is 70.3. The number of likely N-dealkylation sites (tertiary alicyclic amines) is 2. The normalized spacial score (nSPS) is 15.8. The molecule has 4 aromatic carbocycles. The molecule has 30 heteroatoms. The number of fused-ring (bicyclic) bond motifs is 2. The second kappa shape index (κ2) is 30.0. The van der Waals surface area contributed by atoms with Crippen LogP contribution in [-0.2, 0) is 32.3 Å². The average Bonchev–Trinajstić information content (AvgIpc) is 1.64. The lowest BCUT2D eigenvalue weighted by Gasteiger charge is -2.24. The Kier molecular flexibility index (Phi) is 23.9. The Morgan fingerprint density at radius 3 is 1.35 bits per heavy atom. The third kappa shape index (κ3) is 15.1. The molecule has 2 saturated heterocycles. The molecule has 7 amide bonds. The Morgan fingerprint density at radius 1 is 0.625 bits per heavy atom. The molecular formula is C58H61Cl3F4N12O9S2. The van der Waals surface area contributed by atoms with Crippen LogP contribution in [0.5, 0.6) is 0 Å². The summed E-state index contributed by atoms with van der Waals surface area (Å²) in [5, 5.41) is 25.8. The fourth-order valence-electron chi connectivity index (χ4n) is 9.44. The molecular weight excluding hydrogens is 1260 g/mol. The van der Waals surface area contributed by atoms with Crippen LogP contribution in [0.1, 0.15) is 68.0 Å². The van der Waals surface area contributed by atoms with Gasteiger partial charge in [0.1, 0.15) is 42.4 Å². The number of primary amides is 2. The number of nitrogens with one attached hydrogen (secondary N) is 3. The van der Waals surface area contributed by atoms with Crippen molar-refractivity contribution in [3.8, 4) is 22.3 Å². The average molecular weight is 1320 g/mol. The van der Waals surface area contributed by atoms with Gasteiger partial charge in [0.15, 0.2) is 23.0 Å². The van der Waals surface area contributed by atoms with E-state index in [-0.39, 0.29) is 102 Å². The van der Waals surface area contributed by atoms with Crippen LogP contribution in [0, 0.1) is 11.6 Å². The lowest BCUT2D eigenvalue weighted by atomic mass is 10.0. The number of aromatic carboxylic acids is 1. The summed E-state index contributed by atoms with van der Waals surface area (Å²) in [6.07, 6.45) is -3.61. The van der Waals surface area contributed by atoms with Crippen molar-refractivity contribution in [1.82, 2.24) is 39.6 Å². The number of halogens is 7. The lowest BCUT2D eigenvalue weighted by Crippen LogP contribution is -2.44. The van der Waals surface area contributed by atoms with Crippen molar-refractivity contribution in [2.45, 2.75) is 65.2 Å². The summed E-state index contributed by atoms with van der Waals surface area (Å²) in [4.78, 5) is 104. The number of rotatable bonds is 14. The van der Waals surface area contributed by atoms with Crippen molar-refractivity contribution < 1.29 is 61.0 Å². The summed E-state index contributed by atoms with van der Waals surface area (Å²) < 4.78 is 62.6. The van der Waals surface area contributed by atoms with Gasteiger partial charge in [0.2, 0.25) is 23.6 Å². The summed E-state index contributed by atoms with van der Waals surface area (Å²) >= 11 is 14.2. The van der Waals surface area contributed by atoms with Gasteiger partial charge in [-0.05, 0) is 50.5 Å². The highest BCUT2D eigenvalue weighted by molar-refractivity contribution is 7.21. The number of hydrogen-bond donors (Lipinski definition) is 6. The number of carbonyl (C=O) groups excluding carboxylic acids is 7. The van der Waals surface area contributed by atoms with E-state index in [4.69, 9.17) is 34.7 Å². The molecule has 8 N–H and O–H groups in total. The molecule has 2 fully saturated rings. The highest BCUT2D eigenvalue weighted by atomic mass is 35.5. The summed E-state index contributed by atoms with van der Waals surface area (Å²) in [5.74, 6) is -7.73. The van der Waals surface area contributed by atoms with Gasteiger partial charge in [0, 0.05) is 59.2 Å². The van der Waals surface area contributed by atoms with E-state index in [2.05, 4.69) is 26.1 Å². The molecule has 10 rings (SSSR count). The van der Waals surface area contributed by atoms with Gasteiger partial charge in [-0.2, -0.15) is 10.2 Å². The molecule has 0 spiro atoms. The zero-order valence-electron chi connectivity index (χ0n) is 45.8. The molecule has 0 radical (unpaired) electrons. The molecule has 468 valence electrons. The number of carbonyl (C=O) groups is 8. The van der Waals surface area contributed by atoms with Gasteiger partial charge in [-0.25, -0.2) is 22.4 Å². The zero-order chi connectivity index (χ0) is 61.7. The molecule has 0 bridgehead atoms. The van der Waals surface area contributed by atoms with E-state index in [1.807, 2.05) is 14.1 Å². The summed E-state index contributed by atoms with van der Waals surface area (Å²) in [5.41, 5.74) is 11.8. The summed E-state index contributed by atoms with van der Waals surface area (Å²) in [7, 11) is 6.89. The van der Waals surface area contributed by atoms with Crippen molar-refractivity contribution >= 4 is 137 Å². The standard InChI is InChI=1S/C28H25ClF2N6O4S.C26H20ClF2N5O5S.C2H7N.2CH4.ClH/c1-35(2)28(41)21-11-19-25(42-21)24(26(32)39)34-37(19)13-22(38)36-12-14(30)10-20(36)27(40)33-18-9-5-7-16(23(18)31)15-6-3-4-8-17(15)29;27-15-6-2-1-4-13(15)14-5-3-7-16(21(14)29)31-25(37)18-8-12(28)10-33(18)20(35)11-34-17-9-19(26(38)39)40-23(17)22(32-34)24(30)36;1-3-2;;;/h3-9,11,14,20H,10,12-13H2,1-2H3,(H2,32,39)(H,33,40);1-7,9,12,18H,8,10-11H2,(H2,30,36)(H,31,37)(H,38,39);3H,1-2H3;2*1H4;1H/t14-,20+;12-,18+;;;;/m11..../s1. The number of alkyl halides is 2. The number of thiophene rings is 2. The topological polar surface area (TPSA) is 290 Å². The van der Waals surface area contributed by atoms with Gasteiger partial charge in [-0.15, -0.1) is 35.1 Å². The van der Waals surface area contributed by atoms with Gasteiger partial charge in [-0.3, -0.25) is 42.9 Å². The number of hydrogen-bond acceptors (Lipinski definition) is 13. The lowest BCUT2D eigenvalue weighted by molar-refractivity contribution is -0.137. The van der Waals surface area contributed by atoms with Gasteiger partial charge < -0.3 is 47.2 Å². The largest absolute Gasteiger partial charge is 0.477 e. The van der Waals surface area contributed by atoms with Gasteiger partial charge >= 0.3 is 5.97 Å². The Hall–Kier alpha value is -8.47. The maximum absolute atomic E-state index is 15.4. The van der Waals surface area contributed by atoms with Crippen LogP contribution in [0.3, 0.4) is 0 Å². The molecule has 4 aromatic heterocycles. The number of benzene rings is 4. The minimum Gasteiger partial charge on any atom is -0.477 e. The summed E-state index contributed by atoms with van der Waals surface area (Å²) in [6.45, 7) is -1.73. The van der Waals surface area contributed by atoms with E-state index < -0.39 is 97.1 Å². The summed E-state index contributed by atoms with van der Waals surface area (Å²) in [6, 6.07) is 22.3. The number of nitrogens with two attached hydrogens (primary N) is 2. The van der Waals surface area contributed by atoms with E-state index in [9.17, 15) is 52.2 Å². The minimum absolute atomic E-state index is 0. The van der Waals surface area contributed by atoms with Crippen molar-refractivity contribution in [3.63, 3.8) is 0 Å². The second-order valence-corrected chi connectivity index (χ2v) is 22.4. The third-order valence-corrected chi connectivity index (χ3v) is 16.2. The highest BCUT2D eigenvalue weighted by Gasteiger charge is 2.42. The first-order valence-corrected chi connectivity index (χ1v) is 28.0. The number of aromatic nitrogens is 4. The number of carboxylic acid groups (broad SMARTS) is 1. The molecule has 4 atom stereocenters. The number of amides is 7. The van der Waals surface area contributed by atoms with Crippen LogP contribution in [0.25, 0.3) is 42.7 Å². The number of anilines is 2. The van der Waals surface area contributed by atoms with Crippen molar-refractivity contribution in [2.24, 2.45) is 11.5 Å². The highest BCUT2D eigenvalue weighted by Crippen LogP contribution is 2.37. The van der Waals surface area contributed by atoms with E-state index in [0.717, 1.165) is 37.2 Å². The van der Waals surface area contributed by atoms with Crippen molar-refractivity contribution in [1.29, 1.82) is 0 Å². The van der Waals surface area contributed by atoms with Crippen LogP contribution in [-0.4, -0.2) is 152 Å². The predicted octanol–water partition coefficient (Wildman–Crippen LogP) is 9.40. The van der Waals surface area contributed by atoms with Gasteiger partial charge in [0.05, 0.1) is 49.8 Å². The second-order valence-electron chi connectivity index (χ2n) is 19.5. The maximum Gasteiger partial charge on any atom is 0.345 e. The fourth-order valence-corrected chi connectivity index (χ4v) is 12.1. The fraction of sp³-hybridized carbons (Fsp3) is 0.276. The first-order valence-electron chi connectivity index (χ1n) is 25.6. The molecule has 0 unspecified atom stereocenters. The van der Waals surface area contributed by atoms with Crippen LogP contribution in [0.2, 0.25) is 10.0 Å². The van der Waals surface area contributed by atoms with Crippen molar-refractivity contribution in [3.05, 3.63) is 140 Å². The molecule has 88 heavy (non-hydrogen) atoms.